The van der Waals surface area contributed by atoms with Gasteiger partial charge in [0.2, 0.25) is 5.91 Å². The van der Waals surface area contributed by atoms with Crippen molar-refractivity contribution >= 4 is 17.6 Å². The Morgan fingerprint density at radius 3 is 2.90 bits per heavy atom. The van der Waals surface area contributed by atoms with Crippen LogP contribution in [0.3, 0.4) is 0 Å². The summed E-state index contributed by atoms with van der Waals surface area (Å²) in [4.78, 5) is 30.2. The van der Waals surface area contributed by atoms with Crippen LogP contribution in [0.4, 0.5) is 5.82 Å². The van der Waals surface area contributed by atoms with E-state index < -0.39 is 0 Å². The summed E-state index contributed by atoms with van der Waals surface area (Å²) < 4.78 is 5.23. The van der Waals surface area contributed by atoms with Gasteiger partial charge in [0, 0.05) is 38.8 Å². The van der Waals surface area contributed by atoms with Crippen LogP contribution in [-0.2, 0) is 17.8 Å². The molecule has 2 N–H and O–H groups in total. The van der Waals surface area contributed by atoms with Gasteiger partial charge in [0.25, 0.3) is 5.91 Å². The summed E-state index contributed by atoms with van der Waals surface area (Å²) in [7, 11) is 0. The number of carbonyl (C=O) groups excluding carboxylic acids is 2. The van der Waals surface area contributed by atoms with Gasteiger partial charge in [0.15, 0.2) is 5.76 Å². The molecular weight excluding hydrogens is 370 g/mol. The summed E-state index contributed by atoms with van der Waals surface area (Å²) in [6.45, 7) is 6.39. The molecule has 29 heavy (non-hydrogen) atoms. The Bertz CT molecular complexity index is 818. The van der Waals surface area contributed by atoms with E-state index in [0.29, 0.717) is 30.3 Å². The summed E-state index contributed by atoms with van der Waals surface area (Å²) in [6.07, 6.45) is 5.63. The number of hydrogen-bond acceptors (Lipinski definition) is 6. The van der Waals surface area contributed by atoms with Crippen LogP contribution >= 0.6 is 0 Å². The predicted molar refractivity (Wildman–Crippen MR) is 110 cm³/mol. The molecule has 1 aliphatic heterocycles. The Labute approximate surface area is 171 Å². The number of amides is 2. The van der Waals surface area contributed by atoms with Crippen molar-refractivity contribution in [2.75, 3.05) is 24.5 Å². The highest BCUT2D eigenvalue weighted by Crippen LogP contribution is 2.21. The van der Waals surface area contributed by atoms with E-state index in [4.69, 9.17) is 4.52 Å². The third-order valence-electron chi connectivity index (χ3n) is 5.03. The van der Waals surface area contributed by atoms with E-state index in [-0.39, 0.29) is 11.8 Å². The number of aryl methyl sites for hydroxylation is 1. The molecular formula is C21H29N5O3. The van der Waals surface area contributed by atoms with E-state index in [2.05, 4.69) is 32.6 Å². The highest BCUT2D eigenvalue weighted by molar-refractivity contribution is 5.93. The maximum Gasteiger partial charge on any atom is 0.253 e. The van der Waals surface area contributed by atoms with Crippen LogP contribution in [0, 0.1) is 5.92 Å². The largest absolute Gasteiger partial charge is 0.359 e. The second-order valence-electron chi connectivity index (χ2n) is 7.51. The van der Waals surface area contributed by atoms with Gasteiger partial charge in [0.05, 0.1) is 17.8 Å². The summed E-state index contributed by atoms with van der Waals surface area (Å²) in [6, 6.07) is 5.54. The number of nitrogens with zero attached hydrogens (tertiary/aromatic N) is 3. The Morgan fingerprint density at radius 1 is 1.31 bits per heavy atom. The van der Waals surface area contributed by atoms with Crippen LogP contribution in [0.25, 0.3) is 0 Å². The SMILES string of the molecule is CCCc1cc(CNC(=O)c2ccc(N3CCC[C@H](CNC(C)=O)C3)nc2)on1. The van der Waals surface area contributed by atoms with E-state index in [9.17, 15) is 9.59 Å². The van der Waals surface area contributed by atoms with Crippen molar-refractivity contribution in [3.8, 4) is 0 Å². The van der Waals surface area contributed by atoms with Crippen LogP contribution in [0.1, 0.15) is 54.9 Å². The lowest BCUT2D eigenvalue weighted by atomic mass is 9.98. The minimum Gasteiger partial charge on any atom is -0.359 e. The first-order valence-electron chi connectivity index (χ1n) is 10.2. The quantitative estimate of drug-likeness (QED) is 0.706. The lowest BCUT2D eigenvalue weighted by molar-refractivity contribution is -0.119. The normalized spacial score (nSPS) is 16.5. The van der Waals surface area contributed by atoms with Gasteiger partial charge in [-0.2, -0.15) is 0 Å². The molecule has 1 aliphatic rings. The Morgan fingerprint density at radius 2 is 2.17 bits per heavy atom. The highest BCUT2D eigenvalue weighted by Gasteiger charge is 2.21. The number of piperidine rings is 1. The molecule has 156 valence electrons. The lowest BCUT2D eigenvalue weighted by Crippen LogP contribution is -2.41. The number of pyridine rings is 1. The molecule has 2 aromatic heterocycles. The molecule has 8 heteroatoms. The smallest absolute Gasteiger partial charge is 0.253 e. The summed E-state index contributed by atoms with van der Waals surface area (Å²) in [5.41, 5.74) is 1.41. The molecule has 2 amide bonds. The zero-order chi connectivity index (χ0) is 20.6. The number of aromatic nitrogens is 2. The highest BCUT2D eigenvalue weighted by atomic mass is 16.5. The van der Waals surface area contributed by atoms with Gasteiger partial charge in [-0.1, -0.05) is 18.5 Å². The predicted octanol–water partition coefficient (Wildman–Crippen LogP) is 2.30. The van der Waals surface area contributed by atoms with Crippen LogP contribution in [-0.4, -0.2) is 41.6 Å². The van der Waals surface area contributed by atoms with Crippen LogP contribution < -0.4 is 15.5 Å². The second kappa shape index (κ2) is 10.0. The third-order valence-corrected chi connectivity index (χ3v) is 5.03. The average Bonchev–Trinajstić information content (AvgIpc) is 3.18. The summed E-state index contributed by atoms with van der Waals surface area (Å²) in [5.74, 6) is 1.72. The molecule has 1 fully saturated rings. The molecule has 3 rings (SSSR count). The van der Waals surface area contributed by atoms with Gasteiger partial charge in [-0.05, 0) is 37.3 Å². The maximum absolute atomic E-state index is 12.4. The standard InChI is InChI=1S/C21H29N5O3/c1-3-5-18-10-19(29-25-18)13-24-21(28)17-7-8-20(23-12-17)26-9-4-6-16(14-26)11-22-15(2)27/h7-8,10,12,16H,3-6,9,11,13-14H2,1-2H3,(H,22,27)(H,24,28)/t16-/m1/s1. The topological polar surface area (TPSA) is 100 Å². The fourth-order valence-corrected chi connectivity index (χ4v) is 3.52. The molecule has 3 heterocycles. The van der Waals surface area contributed by atoms with E-state index in [1.165, 1.54) is 0 Å². The van der Waals surface area contributed by atoms with Crippen LogP contribution in [0.2, 0.25) is 0 Å². The molecule has 0 aliphatic carbocycles. The molecule has 0 radical (unpaired) electrons. The maximum atomic E-state index is 12.4. The van der Waals surface area contributed by atoms with Crippen molar-refractivity contribution in [3.63, 3.8) is 0 Å². The van der Waals surface area contributed by atoms with Gasteiger partial charge in [-0.25, -0.2) is 4.98 Å². The minimum absolute atomic E-state index is 0.00234. The number of carbonyl (C=O) groups is 2. The minimum atomic E-state index is -0.195. The zero-order valence-corrected chi connectivity index (χ0v) is 17.1. The zero-order valence-electron chi connectivity index (χ0n) is 17.1. The van der Waals surface area contributed by atoms with E-state index >= 15 is 0 Å². The van der Waals surface area contributed by atoms with Gasteiger partial charge in [-0.3, -0.25) is 9.59 Å². The van der Waals surface area contributed by atoms with Crippen molar-refractivity contribution in [1.29, 1.82) is 0 Å². The van der Waals surface area contributed by atoms with Crippen molar-refractivity contribution < 1.29 is 14.1 Å². The first kappa shape index (κ1) is 20.8. The first-order chi connectivity index (χ1) is 14.0. The van der Waals surface area contributed by atoms with Crippen molar-refractivity contribution in [2.45, 2.75) is 46.1 Å². The lowest BCUT2D eigenvalue weighted by Gasteiger charge is -2.33. The van der Waals surface area contributed by atoms with Gasteiger partial charge in [0.1, 0.15) is 5.82 Å². The number of rotatable bonds is 8. The molecule has 8 nitrogen and oxygen atoms in total. The van der Waals surface area contributed by atoms with Gasteiger partial charge >= 0.3 is 0 Å². The van der Waals surface area contributed by atoms with Gasteiger partial charge < -0.3 is 20.1 Å². The molecule has 0 spiro atoms. The van der Waals surface area contributed by atoms with E-state index in [1.54, 1.807) is 19.2 Å². The molecule has 1 atom stereocenters. The molecule has 0 saturated carbocycles. The molecule has 0 aromatic carbocycles. The van der Waals surface area contributed by atoms with Crippen LogP contribution in [0.5, 0.6) is 0 Å². The number of hydrogen-bond donors (Lipinski definition) is 2. The number of anilines is 1. The Balaban J connectivity index is 1.52. The molecule has 0 bridgehead atoms. The summed E-state index contributed by atoms with van der Waals surface area (Å²) in [5, 5.41) is 9.72. The monoisotopic (exact) mass is 399 g/mol. The van der Waals surface area contributed by atoms with Crippen molar-refractivity contribution in [1.82, 2.24) is 20.8 Å². The Kier molecular flexibility index (Phi) is 7.21. The van der Waals surface area contributed by atoms with Gasteiger partial charge in [-0.15, -0.1) is 0 Å². The van der Waals surface area contributed by atoms with Crippen molar-refractivity contribution in [3.05, 3.63) is 41.4 Å². The summed E-state index contributed by atoms with van der Waals surface area (Å²) >= 11 is 0. The fraction of sp³-hybridized carbons (Fsp3) is 0.524. The fourth-order valence-electron chi connectivity index (χ4n) is 3.52. The molecule has 1 saturated heterocycles. The van der Waals surface area contributed by atoms with Crippen molar-refractivity contribution in [2.24, 2.45) is 5.92 Å². The average molecular weight is 399 g/mol. The molecule has 0 unspecified atom stereocenters. The second-order valence-corrected chi connectivity index (χ2v) is 7.51. The number of nitrogens with one attached hydrogen (secondary N) is 2. The molecule has 2 aromatic rings. The third kappa shape index (κ3) is 6.04. The van der Waals surface area contributed by atoms with Crippen LogP contribution in [0.15, 0.2) is 28.9 Å². The first-order valence-corrected chi connectivity index (χ1v) is 10.2. The van der Waals surface area contributed by atoms with E-state index in [1.807, 2.05) is 12.1 Å². The van der Waals surface area contributed by atoms with E-state index in [0.717, 1.165) is 50.3 Å². The Hall–Kier alpha value is -2.90.